The van der Waals surface area contributed by atoms with Crippen LogP contribution in [0, 0.1) is 0 Å². The second-order valence-electron chi connectivity index (χ2n) is 5.08. The zero-order valence-electron chi connectivity index (χ0n) is 12.0. The van der Waals surface area contributed by atoms with Gasteiger partial charge in [-0.3, -0.25) is 9.88 Å². The van der Waals surface area contributed by atoms with E-state index in [1.54, 1.807) is 24.9 Å². The first kappa shape index (κ1) is 15.6. The molecule has 0 radical (unpaired) electrons. The summed E-state index contributed by atoms with van der Waals surface area (Å²) >= 11 is 0. The first-order chi connectivity index (χ1) is 10.3. The van der Waals surface area contributed by atoms with E-state index in [2.05, 4.69) is 14.9 Å². The second-order valence-corrected chi connectivity index (χ2v) is 5.08. The van der Waals surface area contributed by atoms with Crippen molar-refractivity contribution >= 4 is 0 Å². The molecule has 114 valence electrons. The summed E-state index contributed by atoms with van der Waals surface area (Å²) in [5.41, 5.74) is 1.15. The lowest BCUT2D eigenvalue weighted by atomic mass is 10.2. The highest BCUT2D eigenvalue weighted by atomic mass is 16.3. The zero-order valence-corrected chi connectivity index (χ0v) is 12.0. The van der Waals surface area contributed by atoms with Gasteiger partial charge in [-0.05, 0) is 24.1 Å². The molecule has 0 aliphatic heterocycles. The second kappa shape index (κ2) is 8.51. The van der Waals surface area contributed by atoms with Gasteiger partial charge in [0.05, 0.1) is 19.0 Å². The van der Waals surface area contributed by atoms with Crippen molar-refractivity contribution in [1.29, 1.82) is 0 Å². The summed E-state index contributed by atoms with van der Waals surface area (Å²) in [5, 5.41) is 18.7. The van der Waals surface area contributed by atoms with E-state index in [0.717, 1.165) is 31.6 Å². The average molecular weight is 290 g/mol. The largest absolute Gasteiger partial charge is 0.394 e. The number of aliphatic hydroxyl groups excluding tert-OH is 2. The lowest BCUT2D eigenvalue weighted by Gasteiger charge is -2.24. The van der Waals surface area contributed by atoms with E-state index in [0.29, 0.717) is 6.54 Å². The van der Waals surface area contributed by atoms with Gasteiger partial charge >= 0.3 is 0 Å². The van der Waals surface area contributed by atoms with Crippen LogP contribution in [0.3, 0.4) is 0 Å². The Morgan fingerprint density at radius 1 is 1.19 bits per heavy atom. The summed E-state index contributed by atoms with van der Waals surface area (Å²) < 4.78 is 2.03. The summed E-state index contributed by atoms with van der Waals surface area (Å²) in [6.07, 6.45) is 9.29. The minimum Gasteiger partial charge on any atom is -0.394 e. The summed E-state index contributed by atoms with van der Waals surface area (Å²) in [7, 11) is 0. The van der Waals surface area contributed by atoms with E-state index in [-0.39, 0.29) is 6.61 Å². The number of aromatic nitrogens is 3. The first-order valence-corrected chi connectivity index (χ1v) is 7.14. The molecule has 0 bridgehead atoms. The molecule has 1 atom stereocenters. The molecule has 0 aliphatic carbocycles. The van der Waals surface area contributed by atoms with Gasteiger partial charge in [-0.15, -0.1) is 0 Å². The molecule has 0 spiro atoms. The van der Waals surface area contributed by atoms with Gasteiger partial charge < -0.3 is 14.8 Å². The van der Waals surface area contributed by atoms with Crippen molar-refractivity contribution in [2.24, 2.45) is 0 Å². The maximum atomic E-state index is 9.67. The van der Waals surface area contributed by atoms with Gasteiger partial charge in [0.2, 0.25) is 0 Å². The zero-order chi connectivity index (χ0) is 14.9. The van der Waals surface area contributed by atoms with E-state index in [1.807, 2.05) is 22.9 Å². The monoisotopic (exact) mass is 290 g/mol. The molecule has 2 aromatic rings. The Kier molecular flexibility index (Phi) is 6.33. The molecule has 2 aromatic heterocycles. The van der Waals surface area contributed by atoms with E-state index in [1.165, 1.54) is 0 Å². The molecule has 0 amide bonds. The number of aryl methyl sites for hydroxylation is 1. The standard InChI is InChI=1S/C15H22N4O2/c20-12-15(21)11-19(10-14-2-4-16-5-3-14)8-1-7-18-9-6-17-13-18/h2-6,9,13,15,20-21H,1,7-8,10-12H2. The van der Waals surface area contributed by atoms with Crippen molar-refractivity contribution in [2.75, 3.05) is 19.7 Å². The SMILES string of the molecule is OCC(O)CN(CCCn1ccnc1)Cc1ccncc1. The molecule has 6 nitrogen and oxygen atoms in total. The normalized spacial score (nSPS) is 12.7. The highest BCUT2D eigenvalue weighted by Gasteiger charge is 2.11. The average Bonchev–Trinajstić information content (AvgIpc) is 3.01. The van der Waals surface area contributed by atoms with Gasteiger partial charge in [-0.2, -0.15) is 0 Å². The predicted molar refractivity (Wildman–Crippen MR) is 79.5 cm³/mol. The Hall–Kier alpha value is -1.76. The minimum atomic E-state index is -0.708. The first-order valence-electron chi connectivity index (χ1n) is 7.14. The van der Waals surface area contributed by atoms with Crippen LogP contribution >= 0.6 is 0 Å². The van der Waals surface area contributed by atoms with Crippen LogP contribution in [0.4, 0.5) is 0 Å². The molecule has 6 heteroatoms. The van der Waals surface area contributed by atoms with Gasteiger partial charge in [0.15, 0.2) is 0 Å². The summed E-state index contributed by atoms with van der Waals surface area (Å²) in [4.78, 5) is 10.2. The topological polar surface area (TPSA) is 74.4 Å². The number of rotatable bonds is 9. The number of nitrogens with zero attached hydrogens (tertiary/aromatic N) is 4. The molecule has 1 unspecified atom stereocenters. The number of pyridine rings is 1. The van der Waals surface area contributed by atoms with Crippen LogP contribution in [-0.4, -0.2) is 55.4 Å². The molecule has 2 rings (SSSR count). The fourth-order valence-corrected chi connectivity index (χ4v) is 2.23. The third kappa shape index (κ3) is 5.63. The number of imidazole rings is 1. The molecule has 0 saturated carbocycles. The maximum Gasteiger partial charge on any atom is 0.0945 e. The lowest BCUT2D eigenvalue weighted by molar-refractivity contribution is 0.0559. The van der Waals surface area contributed by atoms with E-state index in [4.69, 9.17) is 5.11 Å². The number of hydrogen-bond donors (Lipinski definition) is 2. The summed E-state index contributed by atoms with van der Waals surface area (Å²) in [5.74, 6) is 0. The van der Waals surface area contributed by atoms with Crippen molar-refractivity contribution in [1.82, 2.24) is 19.4 Å². The molecular weight excluding hydrogens is 268 g/mol. The van der Waals surface area contributed by atoms with Crippen LogP contribution in [0.5, 0.6) is 0 Å². The van der Waals surface area contributed by atoms with Crippen molar-refractivity contribution in [3.05, 3.63) is 48.8 Å². The van der Waals surface area contributed by atoms with Crippen molar-refractivity contribution < 1.29 is 10.2 Å². The fourth-order valence-electron chi connectivity index (χ4n) is 2.23. The van der Waals surface area contributed by atoms with Crippen LogP contribution in [0.25, 0.3) is 0 Å². The van der Waals surface area contributed by atoms with Crippen molar-refractivity contribution in [3.8, 4) is 0 Å². The van der Waals surface area contributed by atoms with Crippen molar-refractivity contribution in [2.45, 2.75) is 25.6 Å². The van der Waals surface area contributed by atoms with E-state index >= 15 is 0 Å². The molecule has 21 heavy (non-hydrogen) atoms. The van der Waals surface area contributed by atoms with Crippen LogP contribution in [0.2, 0.25) is 0 Å². The third-order valence-corrected chi connectivity index (χ3v) is 3.29. The Bertz CT molecular complexity index is 490. The Morgan fingerprint density at radius 2 is 2.00 bits per heavy atom. The smallest absolute Gasteiger partial charge is 0.0945 e. The lowest BCUT2D eigenvalue weighted by Crippen LogP contribution is -2.35. The molecule has 0 aliphatic rings. The maximum absolute atomic E-state index is 9.67. The van der Waals surface area contributed by atoms with Crippen LogP contribution in [0.1, 0.15) is 12.0 Å². The Morgan fingerprint density at radius 3 is 2.67 bits per heavy atom. The molecule has 0 saturated heterocycles. The van der Waals surface area contributed by atoms with Crippen LogP contribution in [0.15, 0.2) is 43.2 Å². The third-order valence-electron chi connectivity index (χ3n) is 3.29. The molecule has 2 N–H and O–H groups in total. The molecule has 2 heterocycles. The Balaban J connectivity index is 1.85. The highest BCUT2D eigenvalue weighted by Crippen LogP contribution is 2.06. The van der Waals surface area contributed by atoms with Gasteiger partial charge in [0.1, 0.15) is 0 Å². The number of aliphatic hydroxyl groups is 2. The van der Waals surface area contributed by atoms with E-state index in [9.17, 15) is 5.11 Å². The molecule has 0 fully saturated rings. The predicted octanol–water partition coefficient (Wildman–Crippen LogP) is 0.524. The van der Waals surface area contributed by atoms with Crippen molar-refractivity contribution in [3.63, 3.8) is 0 Å². The van der Waals surface area contributed by atoms with Gasteiger partial charge in [0.25, 0.3) is 0 Å². The summed E-state index contributed by atoms with van der Waals surface area (Å²) in [6.45, 7) is 2.72. The Labute approximate surface area is 124 Å². The number of hydrogen-bond acceptors (Lipinski definition) is 5. The summed E-state index contributed by atoms with van der Waals surface area (Å²) in [6, 6.07) is 3.93. The molecular formula is C15H22N4O2. The highest BCUT2D eigenvalue weighted by molar-refractivity contribution is 5.09. The molecule has 0 aromatic carbocycles. The van der Waals surface area contributed by atoms with Gasteiger partial charge in [-0.1, -0.05) is 0 Å². The fraction of sp³-hybridized carbons (Fsp3) is 0.467. The minimum absolute atomic E-state index is 0.214. The van der Waals surface area contributed by atoms with Gasteiger partial charge in [-0.25, -0.2) is 4.98 Å². The van der Waals surface area contributed by atoms with Crippen LogP contribution < -0.4 is 0 Å². The quantitative estimate of drug-likeness (QED) is 0.704. The van der Waals surface area contributed by atoms with Gasteiger partial charge in [0, 0.05) is 51.0 Å². The van der Waals surface area contributed by atoms with E-state index < -0.39 is 6.10 Å². The van der Waals surface area contributed by atoms with Crippen LogP contribution in [-0.2, 0) is 13.1 Å².